The molecule has 1 N–H and O–H groups in total. The van der Waals surface area contributed by atoms with Crippen LogP contribution in [0.5, 0.6) is 0 Å². The molecular formula is C23H22ClF2N5O2. The summed E-state index contributed by atoms with van der Waals surface area (Å²) in [5.41, 5.74) is 0.553. The molecule has 0 spiro atoms. The fourth-order valence-electron chi connectivity index (χ4n) is 3.74. The van der Waals surface area contributed by atoms with E-state index in [9.17, 15) is 18.4 Å². The van der Waals surface area contributed by atoms with Crippen LogP contribution in [0.2, 0.25) is 5.02 Å². The van der Waals surface area contributed by atoms with Crippen LogP contribution in [-0.2, 0) is 4.79 Å². The van der Waals surface area contributed by atoms with Gasteiger partial charge in [0.25, 0.3) is 5.56 Å². The molecule has 4 rings (SSSR count). The van der Waals surface area contributed by atoms with Gasteiger partial charge in [0.2, 0.25) is 5.91 Å². The lowest BCUT2D eigenvalue weighted by atomic mass is 10.2. The molecule has 2 heterocycles. The van der Waals surface area contributed by atoms with Gasteiger partial charge in [-0.25, -0.2) is 8.78 Å². The number of carbonyl (C=O) groups is 1. The van der Waals surface area contributed by atoms with E-state index in [1.807, 2.05) is 28.0 Å². The Hall–Kier alpha value is -3.30. The largest absolute Gasteiger partial charge is 0.366 e. The average Bonchev–Trinajstić information content (AvgIpc) is 2.83. The zero-order valence-electron chi connectivity index (χ0n) is 17.8. The maximum atomic E-state index is 13.8. The van der Waals surface area contributed by atoms with E-state index >= 15 is 0 Å². The number of hydrogen-bond acceptors (Lipinski definition) is 5. The Morgan fingerprint density at radius 3 is 2.48 bits per heavy atom. The molecule has 1 unspecified atom stereocenters. The highest BCUT2D eigenvalue weighted by Gasteiger charge is 2.28. The van der Waals surface area contributed by atoms with Crippen LogP contribution in [0.25, 0.3) is 5.69 Å². The average molecular weight is 474 g/mol. The van der Waals surface area contributed by atoms with Crippen molar-refractivity contribution in [3.8, 4) is 5.69 Å². The normalized spacial score (nSPS) is 15.3. The summed E-state index contributed by atoms with van der Waals surface area (Å²) in [5, 5.41) is 6.79. The lowest BCUT2D eigenvalue weighted by molar-refractivity contribution is -0.120. The van der Waals surface area contributed by atoms with E-state index in [0.29, 0.717) is 37.6 Å². The minimum Gasteiger partial charge on any atom is -0.366 e. The van der Waals surface area contributed by atoms with E-state index in [-0.39, 0.29) is 10.7 Å². The zero-order valence-corrected chi connectivity index (χ0v) is 18.6. The van der Waals surface area contributed by atoms with Crippen molar-refractivity contribution < 1.29 is 13.6 Å². The molecule has 0 saturated carbocycles. The van der Waals surface area contributed by atoms with Crippen molar-refractivity contribution in [3.05, 3.63) is 81.7 Å². The predicted molar refractivity (Wildman–Crippen MR) is 123 cm³/mol. The second-order valence-corrected chi connectivity index (χ2v) is 8.09. The minimum atomic E-state index is -0.700. The lowest BCUT2D eigenvalue weighted by Gasteiger charge is -2.38. The van der Waals surface area contributed by atoms with Gasteiger partial charge in [0.05, 0.1) is 29.3 Å². The molecule has 0 radical (unpaired) electrons. The van der Waals surface area contributed by atoms with E-state index in [0.717, 1.165) is 18.2 Å². The van der Waals surface area contributed by atoms with Gasteiger partial charge in [0.15, 0.2) is 0 Å². The molecule has 1 aliphatic heterocycles. The summed E-state index contributed by atoms with van der Waals surface area (Å²) in [6.07, 6.45) is 1.56. The number of para-hydroxylation sites is 1. The summed E-state index contributed by atoms with van der Waals surface area (Å²) >= 11 is 6.39. The monoisotopic (exact) mass is 473 g/mol. The van der Waals surface area contributed by atoms with Gasteiger partial charge in [-0.15, -0.1) is 0 Å². The lowest BCUT2D eigenvalue weighted by Crippen LogP contribution is -2.53. The number of aromatic nitrogens is 2. The Morgan fingerprint density at radius 2 is 1.79 bits per heavy atom. The van der Waals surface area contributed by atoms with Crippen LogP contribution in [-0.4, -0.2) is 52.8 Å². The van der Waals surface area contributed by atoms with Crippen LogP contribution < -0.4 is 15.8 Å². The third kappa shape index (κ3) is 4.89. The molecule has 10 heteroatoms. The van der Waals surface area contributed by atoms with Crippen LogP contribution in [0.15, 0.2) is 59.5 Å². The number of anilines is 2. The number of halogens is 3. The first-order chi connectivity index (χ1) is 15.8. The van der Waals surface area contributed by atoms with Crippen molar-refractivity contribution in [2.75, 3.05) is 36.4 Å². The van der Waals surface area contributed by atoms with Crippen molar-refractivity contribution in [2.24, 2.45) is 0 Å². The molecule has 2 aromatic carbocycles. The standard InChI is InChI=1S/C23H22ClF2N5O2/c1-15(22(32)28-19-13-16(25)7-8-18(19)26)29-9-11-30(12-10-29)20-14-27-31(23(33)21(20)24)17-5-3-2-4-6-17/h2-8,13-15H,9-12H2,1H3,(H,28,32). The maximum Gasteiger partial charge on any atom is 0.292 e. The number of hydrogen-bond donors (Lipinski definition) is 1. The smallest absolute Gasteiger partial charge is 0.292 e. The van der Waals surface area contributed by atoms with Gasteiger partial charge in [-0.05, 0) is 31.2 Å². The summed E-state index contributed by atoms with van der Waals surface area (Å²) in [6.45, 7) is 3.76. The van der Waals surface area contributed by atoms with Crippen LogP contribution in [0.3, 0.4) is 0 Å². The van der Waals surface area contributed by atoms with Crippen LogP contribution >= 0.6 is 11.6 Å². The molecule has 172 valence electrons. The van der Waals surface area contributed by atoms with Crippen molar-refractivity contribution in [2.45, 2.75) is 13.0 Å². The molecule has 0 aliphatic carbocycles. The topological polar surface area (TPSA) is 70.5 Å². The first kappa shape index (κ1) is 22.9. The fraction of sp³-hybridized carbons (Fsp3) is 0.261. The van der Waals surface area contributed by atoms with Crippen LogP contribution in [0.4, 0.5) is 20.2 Å². The molecule has 1 atom stereocenters. The summed E-state index contributed by atoms with van der Waals surface area (Å²) < 4.78 is 28.5. The van der Waals surface area contributed by atoms with Crippen LogP contribution in [0, 0.1) is 11.6 Å². The molecule has 1 aromatic heterocycles. The van der Waals surface area contributed by atoms with Gasteiger partial charge in [-0.2, -0.15) is 9.78 Å². The quantitative estimate of drug-likeness (QED) is 0.615. The van der Waals surface area contributed by atoms with Crippen molar-refractivity contribution in [1.82, 2.24) is 14.7 Å². The van der Waals surface area contributed by atoms with Crippen molar-refractivity contribution >= 4 is 28.9 Å². The SMILES string of the molecule is CC(C(=O)Nc1cc(F)ccc1F)N1CCN(c2cnn(-c3ccccc3)c(=O)c2Cl)CC1. The first-order valence-corrected chi connectivity index (χ1v) is 10.8. The number of nitrogens with one attached hydrogen (secondary N) is 1. The Labute approximate surface area is 194 Å². The van der Waals surface area contributed by atoms with Crippen LogP contribution in [0.1, 0.15) is 6.92 Å². The molecule has 1 aliphatic rings. The molecule has 3 aromatic rings. The number of nitrogens with zero attached hydrogens (tertiary/aromatic N) is 4. The Balaban J connectivity index is 1.41. The fourth-order valence-corrected chi connectivity index (χ4v) is 3.99. The van der Waals surface area contributed by atoms with Gasteiger partial charge in [-0.3, -0.25) is 14.5 Å². The third-order valence-corrected chi connectivity index (χ3v) is 6.02. The molecule has 1 fully saturated rings. The summed E-state index contributed by atoms with van der Waals surface area (Å²) in [4.78, 5) is 29.2. The highest BCUT2D eigenvalue weighted by molar-refractivity contribution is 6.33. The van der Waals surface area contributed by atoms with E-state index in [4.69, 9.17) is 11.6 Å². The molecule has 1 saturated heterocycles. The number of piperazine rings is 1. The Bertz CT molecular complexity index is 1210. The second kappa shape index (κ2) is 9.68. The second-order valence-electron chi connectivity index (χ2n) is 7.71. The van der Waals surface area contributed by atoms with E-state index in [1.54, 1.807) is 25.3 Å². The Kier molecular flexibility index (Phi) is 6.71. The minimum absolute atomic E-state index is 0.0784. The predicted octanol–water partition coefficient (Wildman–Crippen LogP) is 3.31. The highest BCUT2D eigenvalue weighted by atomic mass is 35.5. The van der Waals surface area contributed by atoms with Crippen molar-refractivity contribution in [3.63, 3.8) is 0 Å². The van der Waals surface area contributed by atoms with Gasteiger partial charge < -0.3 is 10.2 Å². The molecule has 0 bridgehead atoms. The molecule has 33 heavy (non-hydrogen) atoms. The highest BCUT2D eigenvalue weighted by Crippen LogP contribution is 2.24. The summed E-state index contributed by atoms with van der Waals surface area (Å²) in [7, 11) is 0. The van der Waals surface area contributed by atoms with Crippen molar-refractivity contribution in [1.29, 1.82) is 0 Å². The number of carbonyl (C=O) groups excluding carboxylic acids is 1. The van der Waals surface area contributed by atoms with Gasteiger partial charge in [0, 0.05) is 32.2 Å². The molecule has 7 nitrogen and oxygen atoms in total. The van der Waals surface area contributed by atoms with E-state index in [2.05, 4.69) is 10.4 Å². The Morgan fingerprint density at radius 1 is 1.09 bits per heavy atom. The summed E-state index contributed by atoms with van der Waals surface area (Å²) in [6, 6.07) is 11.4. The van der Waals surface area contributed by atoms with E-state index in [1.165, 1.54) is 4.68 Å². The van der Waals surface area contributed by atoms with E-state index < -0.39 is 29.1 Å². The number of rotatable bonds is 5. The van der Waals surface area contributed by atoms with Gasteiger partial charge in [0.1, 0.15) is 16.7 Å². The zero-order chi connectivity index (χ0) is 23.5. The summed E-state index contributed by atoms with van der Waals surface area (Å²) in [5.74, 6) is -1.76. The number of amides is 1. The maximum absolute atomic E-state index is 13.8. The first-order valence-electron chi connectivity index (χ1n) is 10.4. The third-order valence-electron chi connectivity index (χ3n) is 5.67. The molecule has 1 amide bonds. The molecular weight excluding hydrogens is 452 g/mol. The number of benzene rings is 2. The van der Waals surface area contributed by atoms with Gasteiger partial charge >= 0.3 is 0 Å². The van der Waals surface area contributed by atoms with Gasteiger partial charge in [-0.1, -0.05) is 29.8 Å².